The van der Waals surface area contributed by atoms with Crippen molar-refractivity contribution in [3.8, 4) is 11.5 Å². The first kappa shape index (κ1) is 18.3. The molecule has 2 aromatic rings. The van der Waals surface area contributed by atoms with Crippen LogP contribution in [0.5, 0.6) is 11.5 Å². The topological polar surface area (TPSA) is 59.8 Å². The third-order valence-electron chi connectivity index (χ3n) is 4.20. The second-order valence-electron chi connectivity index (χ2n) is 5.95. The van der Waals surface area contributed by atoms with Gasteiger partial charge in [-0.1, -0.05) is 0 Å². The molecule has 1 heterocycles. The molecule has 0 fully saturated rings. The number of aliphatic hydroxyl groups excluding tert-OH is 1. The van der Waals surface area contributed by atoms with E-state index in [-0.39, 0.29) is 6.61 Å². The van der Waals surface area contributed by atoms with Crippen molar-refractivity contribution in [2.75, 3.05) is 27.9 Å². The van der Waals surface area contributed by atoms with Crippen LogP contribution in [0.4, 0.5) is 0 Å². The number of hydrogen-bond acceptors (Lipinski definition) is 5. The molecule has 0 saturated heterocycles. The van der Waals surface area contributed by atoms with Gasteiger partial charge >= 0.3 is 0 Å². The van der Waals surface area contributed by atoms with Crippen LogP contribution in [0.2, 0.25) is 0 Å². The highest BCUT2D eigenvalue weighted by atomic mass is 16.5. The van der Waals surface area contributed by atoms with E-state index in [2.05, 4.69) is 17.0 Å². The molecular formula is C18H27N3O3. The molecule has 6 heteroatoms. The second kappa shape index (κ2) is 8.17. The van der Waals surface area contributed by atoms with Crippen molar-refractivity contribution < 1.29 is 14.6 Å². The normalized spacial score (nSPS) is 11.1. The van der Waals surface area contributed by atoms with Crippen LogP contribution in [0.15, 0.2) is 18.2 Å². The van der Waals surface area contributed by atoms with Crippen molar-refractivity contribution in [2.45, 2.75) is 33.5 Å². The Kier molecular flexibility index (Phi) is 6.23. The standard InChI is InChI=1S/C18H27N3O3/c1-13-17(14(2)21(19-13)8-9-22)12-20(3)11-15-10-16(23-4)6-7-18(15)24-5/h6-7,10,22H,8-9,11-12H2,1-5H3. The van der Waals surface area contributed by atoms with E-state index in [1.807, 2.05) is 36.7 Å². The van der Waals surface area contributed by atoms with Crippen LogP contribution < -0.4 is 9.47 Å². The molecule has 0 radical (unpaired) electrons. The van der Waals surface area contributed by atoms with E-state index >= 15 is 0 Å². The summed E-state index contributed by atoms with van der Waals surface area (Å²) in [5, 5.41) is 13.6. The molecule has 0 aliphatic heterocycles. The van der Waals surface area contributed by atoms with Crippen LogP contribution in [0.3, 0.4) is 0 Å². The maximum atomic E-state index is 9.13. The number of methoxy groups -OCH3 is 2. The molecule has 1 aromatic heterocycles. The minimum Gasteiger partial charge on any atom is -0.497 e. The molecule has 0 spiro atoms. The van der Waals surface area contributed by atoms with Crippen LogP contribution in [-0.2, 0) is 19.6 Å². The zero-order valence-electron chi connectivity index (χ0n) is 15.2. The van der Waals surface area contributed by atoms with Gasteiger partial charge in [-0.3, -0.25) is 9.58 Å². The van der Waals surface area contributed by atoms with Crippen molar-refractivity contribution in [1.82, 2.24) is 14.7 Å². The molecule has 0 atom stereocenters. The number of rotatable bonds is 8. The lowest BCUT2D eigenvalue weighted by Crippen LogP contribution is -2.19. The molecule has 2 rings (SSSR count). The van der Waals surface area contributed by atoms with Gasteiger partial charge in [0.15, 0.2) is 0 Å². The van der Waals surface area contributed by atoms with E-state index in [1.54, 1.807) is 14.2 Å². The third kappa shape index (κ3) is 4.07. The summed E-state index contributed by atoms with van der Waals surface area (Å²) >= 11 is 0. The lowest BCUT2D eigenvalue weighted by atomic mass is 10.1. The molecule has 0 bridgehead atoms. The van der Waals surface area contributed by atoms with Gasteiger partial charge in [0.05, 0.1) is 33.1 Å². The van der Waals surface area contributed by atoms with Gasteiger partial charge in [0.1, 0.15) is 11.5 Å². The molecule has 0 aliphatic rings. The average Bonchev–Trinajstić information content (AvgIpc) is 2.82. The summed E-state index contributed by atoms with van der Waals surface area (Å²) in [4.78, 5) is 2.22. The highest BCUT2D eigenvalue weighted by Crippen LogP contribution is 2.26. The molecular weight excluding hydrogens is 306 g/mol. The summed E-state index contributed by atoms with van der Waals surface area (Å²) in [5.74, 6) is 1.68. The summed E-state index contributed by atoms with van der Waals surface area (Å²) in [6.45, 7) is 6.20. The fourth-order valence-electron chi connectivity index (χ4n) is 2.90. The summed E-state index contributed by atoms with van der Waals surface area (Å²) in [6.07, 6.45) is 0. The molecule has 0 amide bonds. The Hall–Kier alpha value is -2.05. The van der Waals surface area contributed by atoms with Crippen molar-refractivity contribution >= 4 is 0 Å². The lowest BCUT2D eigenvalue weighted by Gasteiger charge is -2.19. The smallest absolute Gasteiger partial charge is 0.123 e. The van der Waals surface area contributed by atoms with Crippen LogP contribution in [0.25, 0.3) is 0 Å². The number of hydrogen-bond donors (Lipinski definition) is 1. The largest absolute Gasteiger partial charge is 0.497 e. The van der Waals surface area contributed by atoms with Gasteiger partial charge in [-0.05, 0) is 39.1 Å². The van der Waals surface area contributed by atoms with Gasteiger partial charge in [0.2, 0.25) is 0 Å². The van der Waals surface area contributed by atoms with E-state index in [4.69, 9.17) is 14.6 Å². The summed E-state index contributed by atoms with van der Waals surface area (Å²) < 4.78 is 12.6. The van der Waals surface area contributed by atoms with E-state index in [0.29, 0.717) is 6.54 Å². The summed E-state index contributed by atoms with van der Waals surface area (Å²) in [7, 11) is 5.41. The first-order valence-electron chi connectivity index (χ1n) is 8.03. The highest BCUT2D eigenvalue weighted by molar-refractivity contribution is 5.40. The van der Waals surface area contributed by atoms with E-state index in [0.717, 1.165) is 41.5 Å². The highest BCUT2D eigenvalue weighted by Gasteiger charge is 2.15. The predicted molar refractivity (Wildman–Crippen MR) is 93.5 cm³/mol. The Morgan fingerprint density at radius 1 is 1.17 bits per heavy atom. The van der Waals surface area contributed by atoms with Gasteiger partial charge < -0.3 is 14.6 Å². The minimum absolute atomic E-state index is 0.0955. The molecule has 0 saturated carbocycles. The van der Waals surface area contributed by atoms with Crippen LogP contribution in [-0.4, -0.2) is 47.7 Å². The molecule has 0 aliphatic carbocycles. The number of benzene rings is 1. The minimum atomic E-state index is 0.0955. The first-order valence-corrected chi connectivity index (χ1v) is 8.03. The van der Waals surface area contributed by atoms with E-state index in [1.165, 1.54) is 5.56 Å². The Morgan fingerprint density at radius 2 is 1.92 bits per heavy atom. The molecule has 0 unspecified atom stereocenters. The van der Waals surface area contributed by atoms with E-state index < -0.39 is 0 Å². The number of aliphatic hydroxyl groups is 1. The van der Waals surface area contributed by atoms with Crippen LogP contribution >= 0.6 is 0 Å². The SMILES string of the molecule is COc1ccc(OC)c(CN(C)Cc2c(C)nn(CCO)c2C)c1. The fraction of sp³-hybridized carbons (Fsp3) is 0.500. The maximum Gasteiger partial charge on any atom is 0.123 e. The Labute approximate surface area is 143 Å². The van der Waals surface area contributed by atoms with E-state index in [9.17, 15) is 0 Å². The lowest BCUT2D eigenvalue weighted by molar-refractivity contribution is 0.267. The Balaban J connectivity index is 2.15. The molecule has 132 valence electrons. The van der Waals surface area contributed by atoms with Crippen molar-refractivity contribution in [2.24, 2.45) is 0 Å². The zero-order valence-corrected chi connectivity index (χ0v) is 15.2. The van der Waals surface area contributed by atoms with Gasteiger partial charge in [0, 0.05) is 29.9 Å². The quantitative estimate of drug-likeness (QED) is 0.802. The number of aryl methyl sites for hydroxylation is 1. The second-order valence-corrected chi connectivity index (χ2v) is 5.95. The molecule has 1 N–H and O–H groups in total. The fourth-order valence-corrected chi connectivity index (χ4v) is 2.90. The average molecular weight is 333 g/mol. The van der Waals surface area contributed by atoms with Crippen molar-refractivity contribution in [3.05, 3.63) is 40.7 Å². The summed E-state index contributed by atoms with van der Waals surface area (Å²) in [6, 6.07) is 5.83. The third-order valence-corrected chi connectivity index (χ3v) is 4.20. The first-order chi connectivity index (χ1) is 11.5. The van der Waals surface area contributed by atoms with Crippen molar-refractivity contribution in [1.29, 1.82) is 0 Å². The van der Waals surface area contributed by atoms with Crippen molar-refractivity contribution in [3.63, 3.8) is 0 Å². The molecule has 6 nitrogen and oxygen atoms in total. The number of ether oxygens (including phenoxy) is 2. The Bertz CT molecular complexity index is 682. The maximum absolute atomic E-state index is 9.13. The zero-order chi connectivity index (χ0) is 17.7. The van der Waals surface area contributed by atoms with Crippen LogP contribution in [0.1, 0.15) is 22.5 Å². The molecule has 1 aromatic carbocycles. The monoisotopic (exact) mass is 333 g/mol. The molecule has 24 heavy (non-hydrogen) atoms. The van der Waals surface area contributed by atoms with Gasteiger partial charge in [0.25, 0.3) is 0 Å². The van der Waals surface area contributed by atoms with Gasteiger partial charge in [-0.2, -0.15) is 5.10 Å². The number of nitrogens with zero attached hydrogens (tertiary/aromatic N) is 3. The summed E-state index contributed by atoms with van der Waals surface area (Å²) in [5.41, 5.74) is 4.39. The Morgan fingerprint density at radius 3 is 2.54 bits per heavy atom. The number of aromatic nitrogens is 2. The van der Waals surface area contributed by atoms with Gasteiger partial charge in [-0.25, -0.2) is 0 Å². The van der Waals surface area contributed by atoms with Crippen LogP contribution in [0, 0.1) is 13.8 Å². The van der Waals surface area contributed by atoms with Gasteiger partial charge in [-0.15, -0.1) is 0 Å². The predicted octanol–water partition coefficient (Wildman–Crippen LogP) is 2.14.